The van der Waals surface area contributed by atoms with E-state index in [0.717, 1.165) is 0 Å². The van der Waals surface area contributed by atoms with Gasteiger partial charge in [-0.2, -0.15) is 0 Å². The highest BCUT2D eigenvalue weighted by molar-refractivity contribution is 7.90. The molecule has 0 spiro atoms. The number of amides is 3. The van der Waals surface area contributed by atoms with E-state index >= 15 is 0 Å². The van der Waals surface area contributed by atoms with Gasteiger partial charge in [0, 0.05) is 31.1 Å². The van der Waals surface area contributed by atoms with Gasteiger partial charge in [0.1, 0.15) is 16.8 Å². The molecule has 10 heteroatoms. The molecule has 1 heterocycles. The summed E-state index contributed by atoms with van der Waals surface area (Å²) in [6, 6.07) is 10.6. The number of nitrogens with one attached hydrogen (secondary N) is 1. The Bertz CT molecular complexity index is 1180. The number of carbonyl (C=O) groups excluding carboxylic acids is 3. The van der Waals surface area contributed by atoms with E-state index in [9.17, 15) is 27.2 Å². The Kier molecular flexibility index (Phi) is 7.16. The van der Waals surface area contributed by atoms with Crippen LogP contribution in [0.2, 0.25) is 0 Å². The van der Waals surface area contributed by atoms with E-state index < -0.39 is 39.6 Å². The zero-order chi connectivity index (χ0) is 24.3. The molecule has 8 nitrogen and oxygen atoms in total. The second-order valence-electron chi connectivity index (χ2n) is 8.08. The fraction of sp³-hybridized carbons (Fsp3) is 0.348. The second kappa shape index (κ2) is 9.70. The van der Waals surface area contributed by atoms with Crippen LogP contribution in [-0.2, 0) is 26.2 Å². The average Bonchev–Trinajstić information content (AvgIpc) is 2.96. The van der Waals surface area contributed by atoms with Crippen molar-refractivity contribution in [1.29, 1.82) is 0 Å². The molecule has 0 saturated heterocycles. The van der Waals surface area contributed by atoms with Crippen LogP contribution >= 0.6 is 0 Å². The van der Waals surface area contributed by atoms with Crippen LogP contribution in [0.25, 0.3) is 0 Å². The maximum atomic E-state index is 14.3. The zero-order valence-corrected chi connectivity index (χ0v) is 19.4. The largest absolute Gasteiger partial charge is 0.352 e. The van der Waals surface area contributed by atoms with Crippen molar-refractivity contribution in [2.45, 2.75) is 50.7 Å². The Morgan fingerprint density at radius 1 is 1.06 bits per heavy atom. The summed E-state index contributed by atoms with van der Waals surface area (Å²) in [4.78, 5) is 39.4. The fourth-order valence-corrected chi connectivity index (χ4v) is 5.16. The summed E-state index contributed by atoms with van der Waals surface area (Å²) in [5, 5.41) is 2.72. The van der Waals surface area contributed by atoms with Crippen LogP contribution in [0.15, 0.2) is 53.4 Å². The third kappa shape index (κ3) is 5.05. The predicted molar refractivity (Wildman–Crippen MR) is 119 cm³/mol. The van der Waals surface area contributed by atoms with Crippen molar-refractivity contribution in [2.24, 2.45) is 0 Å². The Labute approximate surface area is 192 Å². The van der Waals surface area contributed by atoms with Crippen LogP contribution in [0.3, 0.4) is 0 Å². The van der Waals surface area contributed by atoms with Crippen molar-refractivity contribution in [1.82, 2.24) is 14.5 Å². The normalized spacial score (nSPS) is 15.3. The van der Waals surface area contributed by atoms with E-state index in [0.29, 0.717) is 4.31 Å². The highest BCUT2D eigenvalue weighted by atomic mass is 32.2. The lowest BCUT2D eigenvalue weighted by molar-refractivity contribution is -0.140. The minimum atomic E-state index is -4.06. The van der Waals surface area contributed by atoms with Crippen LogP contribution in [0.1, 0.15) is 43.1 Å². The molecule has 3 amide bonds. The van der Waals surface area contributed by atoms with Crippen LogP contribution < -0.4 is 5.32 Å². The third-order valence-corrected chi connectivity index (χ3v) is 7.18. The van der Waals surface area contributed by atoms with E-state index in [-0.39, 0.29) is 41.6 Å². The summed E-state index contributed by atoms with van der Waals surface area (Å²) in [6.07, 6.45) is -0.354. The summed E-state index contributed by atoms with van der Waals surface area (Å²) in [5.74, 6) is -2.24. The first-order valence-corrected chi connectivity index (χ1v) is 12.0. The van der Waals surface area contributed by atoms with Crippen LogP contribution in [-0.4, -0.2) is 54.0 Å². The van der Waals surface area contributed by atoms with Gasteiger partial charge in [-0.3, -0.25) is 14.4 Å². The molecule has 1 unspecified atom stereocenters. The van der Waals surface area contributed by atoms with Gasteiger partial charge < -0.3 is 10.2 Å². The number of carbonyl (C=O) groups is 3. The molecule has 0 aromatic heterocycles. The van der Waals surface area contributed by atoms with Gasteiger partial charge in [0.05, 0.1) is 5.56 Å². The highest BCUT2D eigenvalue weighted by Gasteiger charge is 2.41. The lowest BCUT2D eigenvalue weighted by atomic mass is 10.1. The molecule has 1 aliphatic heterocycles. The summed E-state index contributed by atoms with van der Waals surface area (Å²) in [5.41, 5.74) is 0.269. The number of halogens is 1. The van der Waals surface area contributed by atoms with E-state index in [1.54, 1.807) is 26.0 Å². The summed E-state index contributed by atoms with van der Waals surface area (Å²) >= 11 is 0. The van der Waals surface area contributed by atoms with Gasteiger partial charge >= 0.3 is 0 Å². The number of hydrogen-bond acceptors (Lipinski definition) is 5. The molecule has 0 radical (unpaired) electrons. The number of hydrogen-bond donors (Lipinski definition) is 1. The van der Waals surface area contributed by atoms with Crippen LogP contribution in [0.4, 0.5) is 4.39 Å². The molecule has 3 rings (SSSR count). The van der Waals surface area contributed by atoms with Crippen LogP contribution in [0, 0.1) is 5.82 Å². The van der Waals surface area contributed by atoms with Crippen molar-refractivity contribution in [3.05, 3.63) is 65.5 Å². The van der Waals surface area contributed by atoms with Gasteiger partial charge in [0.2, 0.25) is 11.8 Å². The van der Waals surface area contributed by atoms with Gasteiger partial charge in [0.15, 0.2) is 0 Å². The molecule has 1 atom stereocenters. The fourth-order valence-electron chi connectivity index (χ4n) is 3.59. The number of rotatable bonds is 8. The Hall–Kier alpha value is -3.27. The van der Waals surface area contributed by atoms with Crippen LogP contribution in [0.5, 0.6) is 0 Å². The number of nitrogens with zero attached hydrogens (tertiary/aromatic N) is 2. The first kappa shape index (κ1) is 24.4. The number of sulfonamides is 1. The molecule has 0 fully saturated rings. The maximum Gasteiger partial charge on any atom is 0.269 e. The smallest absolute Gasteiger partial charge is 0.269 e. The van der Waals surface area contributed by atoms with Gasteiger partial charge in [-0.15, -0.1) is 0 Å². The lowest BCUT2D eigenvalue weighted by Crippen LogP contribution is -2.49. The molecular formula is C23H26FN3O5S. The van der Waals surface area contributed by atoms with Gasteiger partial charge in [-0.05, 0) is 39.0 Å². The lowest BCUT2D eigenvalue weighted by Gasteiger charge is -2.30. The van der Waals surface area contributed by atoms with Crippen molar-refractivity contribution < 1.29 is 27.2 Å². The topological polar surface area (TPSA) is 104 Å². The van der Waals surface area contributed by atoms with Crippen molar-refractivity contribution in [3.8, 4) is 0 Å². The monoisotopic (exact) mass is 475 g/mol. The first-order valence-electron chi connectivity index (χ1n) is 10.5. The van der Waals surface area contributed by atoms with Gasteiger partial charge in [0.25, 0.3) is 15.9 Å². The van der Waals surface area contributed by atoms with Gasteiger partial charge in [-0.1, -0.05) is 30.3 Å². The van der Waals surface area contributed by atoms with E-state index in [2.05, 4.69) is 5.32 Å². The van der Waals surface area contributed by atoms with Gasteiger partial charge in [-0.25, -0.2) is 17.1 Å². The molecule has 2 aromatic carbocycles. The van der Waals surface area contributed by atoms with Crippen molar-refractivity contribution >= 4 is 27.7 Å². The molecule has 0 aliphatic carbocycles. The second-order valence-corrected chi connectivity index (χ2v) is 9.91. The highest BCUT2D eigenvalue weighted by Crippen LogP contribution is 2.30. The molecule has 2 aromatic rings. The van der Waals surface area contributed by atoms with Crippen molar-refractivity contribution in [3.63, 3.8) is 0 Å². The summed E-state index contributed by atoms with van der Waals surface area (Å²) < 4.78 is 40.4. The van der Waals surface area contributed by atoms with E-state index in [1.165, 1.54) is 48.2 Å². The quantitative estimate of drug-likeness (QED) is 0.631. The first-order chi connectivity index (χ1) is 15.5. The number of fused-ring (bicyclic) bond motifs is 1. The molecule has 0 saturated carbocycles. The summed E-state index contributed by atoms with van der Waals surface area (Å²) in [6.45, 7) is 4.49. The molecule has 1 aliphatic rings. The van der Waals surface area contributed by atoms with Crippen molar-refractivity contribution in [2.75, 3.05) is 6.54 Å². The molecule has 33 heavy (non-hydrogen) atoms. The Morgan fingerprint density at radius 3 is 2.33 bits per heavy atom. The average molecular weight is 476 g/mol. The minimum absolute atomic E-state index is 0.0536. The molecule has 0 bridgehead atoms. The SMILES string of the molecule is CC(C)NC(=O)C(C)N(Cc1ccccc1F)C(=O)CCN1C(=O)c2ccccc2S1(=O)=O. The standard InChI is InChI=1S/C23H26FN3O5S/c1-15(2)25-22(29)16(3)26(14-17-8-4-6-10-19(17)24)21(28)12-13-27-23(30)18-9-5-7-11-20(18)33(27,31)32/h4-11,15-16H,12-14H2,1-3H3,(H,25,29). The summed E-state index contributed by atoms with van der Waals surface area (Å²) in [7, 11) is -4.06. The maximum absolute atomic E-state index is 14.3. The molecule has 1 N–H and O–H groups in total. The zero-order valence-electron chi connectivity index (χ0n) is 18.6. The van der Waals surface area contributed by atoms with E-state index in [1.807, 2.05) is 0 Å². The molecular weight excluding hydrogens is 449 g/mol. The van der Waals surface area contributed by atoms with E-state index in [4.69, 9.17) is 0 Å². The third-order valence-electron chi connectivity index (χ3n) is 5.34. The number of benzene rings is 2. The predicted octanol–water partition coefficient (Wildman–Crippen LogP) is 2.30. The Morgan fingerprint density at radius 2 is 1.70 bits per heavy atom. The minimum Gasteiger partial charge on any atom is -0.352 e. The Balaban J connectivity index is 1.81. The molecule has 176 valence electrons.